The Bertz CT molecular complexity index is 986. The van der Waals surface area contributed by atoms with Gasteiger partial charge in [-0.25, -0.2) is 17.8 Å². The van der Waals surface area contributed by atoms with Crippen LogP contribution in [0.2, 0.25) is 0 Å². The topological polar surface area (TPSA) is 75.4 Å². The van der Waals surface area contributed by atoms with Crippen LogP contribution in [0.4, 0.5) is 4.39 Å². The smallest absolute Gasteiger partial charge is 0.243 e. The lowest BCUT2D eigenvalue weighted by molar-refractivity contribution is 0.226. The fourth-order valence-corrected chi connectivity index (χ4v) is 4.28. The quantitative estimate of drug-likeness (QED) is 0.685. The Morgan fingerprint density at radius 3 is 2.65 bits per heavy atom. The second-order valence-corrected chi connectivity index (χ2v) is 8.02. The summed E-state index contributed by atoms with van der Waals surface area (Å²) in [6, 6.07) is 9.91. The molecular weight excluding hydrogens is 357 g/mol. The van der Waals surface area contributed by atoms with Gasteiger partial charge in [-0.3, -0.25) is 0 Å². The molecule has 0 aliphatic rings. The minimum absolute atomic E-state index is 0.0137. The van der Waals surface area contributed by atoms with Crippen LogP contribution in [0.3, 0.4) is 0 Å². The number of likely N-dealkylation sites (N-methyl/N-ethyl adjacent to an activating group) is 1. The first-order valence-corrected chi connectivity index (χ1v) is 9.62. The molecule has 0 amide bonds. The first-order valence-electron chi connectivity index (χ1n) is 8.18. The molecule has 0 unspecified atom stereocenters. The van der Waals surface area contributed by atoms with Crippen LogP contribution in [-0.2, 0) is 16.6 Å². The van der Waals surface area contributed by atoms with Crippen molar-refractivity contribution in [1.82, 2.24) is 13.9 Å². The van der Waals surface area contributed by atoms with Gasteiger partial charge in [0.25, 0.3) is 0 Å². The summed E-state index contributed by atoms with van der Waals surface area (Å²) in [6.45, 7) is 0.193. The lowest BCUT2D eigenvalue weighted by Crippen LogP contribution is -2.40. The van der Waals surface area contributed by atoms with Crippen LogP contribution in [0, 0.1) is 5.82 Å². The number of rotatable bonds is 7. The van der Waals surface area contributed by atoms with Crippen LogP contribution in [-0.4, -0.2) is 47.1 Å². The van der Waals surface area contributed by atoms with E-state index in [1.165, 1.54) is 23.5 Å². The van der Waals surface area contributed by atoms with Gasteiger partial charge in [0.05, 0.1) is 4.90 Å². The van der Waals surface area contributed by atoms with Gasteiger partial charge in [0, 0.05) is 44.0 Å². The molecule has 0 spiro atoms. The summed E-state index contributed by atoms with van der Waals surface area (Å²) >= 11 is 0. The molecule has 0 saturated carbocycles. The van der Waals surface area contributed by atoms with Gasteiger partial charge < -0.3 is 9.67 Å². The lowest BCUT2D eigenvalue weighted by Gasteiger charge is -2.27. The fraction of sp³-hybridized carbons (Fsp3) is 0.278. The second kappa shape index (κ2) is 7.53. The van der Waals surface area contributed by atoms with Gasteiger partial charge in [-0.2, -0.15) is 4.31 Å². The molecule has 0 fully saturated rings. The zero-order valence-corrected chi connectivity index (χ0v) is 15.1. The maximum Gasteiger partial charge on any atom is 0.243 e. The van der Waals surface area contributed by atoms with E-state index in [1.54, 1.807) is 6.20 Å². The van der Waals surface area contributed by atoms with Crippen LogP contribution in [0.5, 0.6) is 0 Å². The molecule has 2 heterocycles. The summed E-state index contributed by atoms with van der Waals surface area (Å²) in [5, 5.41) is 10.4. The number of sulfonamides is 1. The molecule has 2 aromatic heterocycles. The maximum absolute atomic E-state index is 13.1. The van der Waals surface area contributed by atoms with Gasteiger partial charge in [0.15, 0.2) is 0 Å². The van der Waals surface area contributed by atoms with Gasteiger partial charge in [-0.1, -0.05) is 0 Å². The predicted octanol–water partition coefficient (Wildman–Crippen LogP) is 2.25. The van der Waals surface area contributed by atoms with Gasteiger partial charge in [0.1, 0.15) is 11.5 Å². The number of nitrogens with zero attached hydrogens (tertiary/aromatic N) is 3. The molecular formula is C18H20FN3O3S. The van der Waals surface area contributed by atoms with Crippen molar-refractivity contribution in [2.45, 2.75) is 23.9 Å². The van der Waals surface area contributed by atoms with E-state index in [2.05, 4.69) is 4.98 Å². The van der Waals surface area contributed by atoms with Gasteiger partial charge in [-0.15, -0.1) is 0 Å². The van der Waals surface area contributed by atoms with E-state index >= 15 is 0 Å². The van der Waals surface area contributed by atoms with Crippen molar-refractivity contribution in [3.63, 3.8) is 0 Å². The highest BCUT2D eigenvalue weighted by molar-refractivity contribution is 7.89. The standard InChI is InChI=1S/C18H20FN3O3S/c1-21(26(24,25)17-6-4-15(19)5-7-17)16(9-12-23)13-22-11-8-14-3-2-10-20-18(14)22/h2-8,10-11,16,23H,9,12-13H2,1H3/t16-/m1/s1. The first-order chi connectivity index (χ1) is 12.4. The molecule has 26 heavy (non-hydrogen) atoms. The van der Waals surface area contributed by atoms with Crippen molar-refractivity contribution >= 4 is 21.1 Å². The summed E-state index contributed by atoms with van der Waals surface area (Å²) in [6.07, 6.45) is 3.79. The van der Waals surface area contributed by atoms with Crippen LogP contribution >= 0.6 is 0 Å². The van der Waals surface area contributed by atoms with E-state index in [0.717, 1.165) is 23.2 Å². The van der Waals surface area contributed by atoms with Crippen molar-refractivity contribution in [3.8, 4) is 0 Å². The van der Waals surface area contributed by atoms with Gasteiger partial charge in [0.2, 0.25) is 10.0 Å². The number of aliphatic hydroxyl groups excluding tert-OH is 1. The average molecular weight is 377 g/mol. The van der Waals surface area contributed by atoms with Crippen molar-refractivity contribution in [2.24, 2.45) is 0 Å². The molecule has 0 bridgehead atoms. The Labute approximate surface area is 151 Å². The van der Waals surface area contributed by atoms with E-state index in [0.29, 0.717) is 6.54 Å². The predicted molar refractivity (Wildman–Crippen MR) is 96.6 cm³/mol. The highest BCUT2D eigenvalue weighted by Crippen LogP contribution is 2.21. The lowest BCUT2D eigenvalue weighted by atomic mass is 10.2. The van der Waals surface area contributed by atoms with Gasteiger partial charge in [-0.05, 0) is 48.9 Å². The molecule has 0 aliphatic heterocycles. The average Bonchev–Trinajstić information content (AvgIpc) is 3.04. The van der Waals surface area contributed by atoms with E-state index in [-0.39, 0.29) is 17.9 Å². The minimum atomic E-state index is -3.81. The number of pyridine rings is 1. The molecule has 1 N–H and O–H groups in total. The third kappa shape index (κ3) is 3.62. The van der Waals surface area contributed by atoms with Gasteiger partial charge >= 0.3 is 0 Å². The number of benzene rings is 1. The molecule has 138 valence electrons. The third-order valence-corrected chi connectivity index (χ3v) is 6.32. The Balaban J connectivity index is 1.90. The number of hydrogen-bond donors (Lipinski definition) is 1. The van der Waals surface area contributed by atoms with Crippen molar-refractivity contribution in [2.75, 3.05) is 13.7 Å². The Kier molecular flexibility index (Phi) is 5.36. The zero-order chi connectivity index (χ0) is 18.7. The summed E-state index contributed by atoms with van der Waals surface area (Å²) in [5.74, 6) is -0.497. The molecule has 0 radical (unpaired) electrons. The number of aliphatic hydroxyl groups is 1. The second-order valence-electron chi connectivity index (χ2n) is 6.03. The summed E-state index contributed by atoms with van der Waals surface area (Å²) < 4.78 is 41.9. The Morgan fingerprint density at radius 1 is 1.23 bits per heavy atom. The van der Waals surface area contributed by atoms with Crippen molar-refractivity contribution in [1.29, 1.82) is 0 Å². The van der Waals surface area contributed by atoms with Crippen molar-refractivity contribution < 1.29 is 17.9 Å². The molecule has 8 heteroatoms. The molecule has 3 aromatic rings. The Morgan fingerprint density at radius 2 is 1.96 bits per heavy atom. The largest absolute Gasteiger partial charge is 0.396 e. The van der Waals surface area contributed by atoms with E-state index in [1.807, 2.05) is 29.0 Å². The Hall–Kier alpha value is -2.29. The molecule has 3 rings (SSSR count). The first kappa shape index (κ1) is 18.5. The molecule has 0 aliphatic carbocycles. The van der Waals surface area contributed by atoms with Crippen LogP contribution in [0.25, 0.3) is 11.0 Å². The highest BCUT2D eigenvalue weighted by atomic mass is 32.2. The minimum Gasteiger partial charge on any atom is -0.396 e. The molecule has 1 aromatic carbocycles. The molecule has 1 atom stereocenters. The summed E-state index contributed by atoms with van der Waals surface area (Å²) in [7, 11) is -2.34. The normalized spacial score (nSPS) is 13.4. The van der Waals surface area contributed by atoms with Crippen LogP contribution in [0.15, 0.2) is 59.8 Å². The zero-order valence-electron chi connectivity index (χ0n) is 14.3. The molecule has 6 nitrogen and oxygen atoms in total. The third-order valence-electron chi connectivity index (χ3n) is 4.40. The van der Waals surface area contributed by atoms with E-state index in [4.69, 9.17) is 0 Å². The number of aromatic nitrogens is 2. The fourth-order valence-electron chi connectivity index (χ4n) is 2.90. The van der Waals surface area contributed by atoms with E-state index < -0.39 is 21.9 Å². The van der Waals surface area contributed by atoms with Crippen LogP contribution < -0.4 is 0 Å². The summed E-state index contributed by atoms with van der Waals surface area (Å²) in [4.78, 5) is 4.35. The highest BCUT2D eigenvalue weighted by Gasteiger charge is 2.28. The maximum atomic E-state index is 13.1. The SMILES string of the molecule is CN([C@H](CCO)Cn1ccc2cccnc21)S(=O)(=O)c1ccc(F)cc1. The van der Waals surface area contributed by atoms with Crippen molar-refractivity contribution in [3.05, 3.63) is 60.7 Å². The van der Waals surface area contributed by atoms with Crippen LogP contribution in [0.1, 0.15) is 6.42 Å². The monoisotopic (exact) mass is 377 g/mol. The number of halogens is 1. The van der Waals surface area contributed by atoms with E-state index in [9.17, 15) is 17.9 Å². The summed E-state index contributed by atoms with van der Waals surface area (Å²) in [5.41, 5.74) is 0.753. The molecule has 0 saturated heterocycles. The number of fused-ring (bicyclic) bond motifs is 1. The number of hydrogen-bond acceptors (Lipinski definition) is 4.